The molecule has 110 valence electrons. The molecule has 1 amide bonds. The molecule has 0 atom stereocenters. The van der Waals surface area contributed by atoms with E-state index in [4.69, 9.17) is 9.52 Å². The van der Waals surface area contributed by atoms with Crippen LogP contribution in [0.5, 0.6) is 0 Å². The highest BCUT2D eigenvalue weighted by atomic mass is 16.4. The molecule has 0 radical (unpaired) electrons. The Hall–Kier alpha value is -2.56. The van der Waals surface area contributed by atoms with Gasteiger partial charge in [-0.1, -0.05) is 18.2 Å². The topological polar surface area (TPSA) is 70.8 Å². The van der Waals surface area contributed by atoms with Gasteiger partial charge in [0, 0.05) is 17.8 Å². The highest BCUT2D eigenvalue weighted by Crippen LogP contribution is 2.23. The highest BCUT2D eigenvalue weighted by molar-refractivity contribution is 6.08. The van der Waals surface area contributed by atoms with Gasteiger partial charge in [0.15, 0.2) is 0 Å². The summed E-state index contributed by atoms with van der Waals surface area (Å²) in [5, 5.41) is 8.91. The molecule has 21 heavy (non-hydrogen) atoms. The van der Waals surface area contributed by atoms with Crippen molar-refractivity contribution in [3.8, 4) is 0 Å². The van der Waals surface area contributed by atoms with Gasteiger partial charge in [-0.05, 0) is 26.0 Å². The zero-order valence-electron chi connectivity index (χ0n) is 12.0. The Balaban J connectivity index is 2.39. The van der Waals surface area contributed by atoms with Crippen LogP contribution in [-0.2, 0) is 11.2 Å². The van der Waals surface area contributed by atoms with E-state index in [2.05, 4.69) is 0 Å². The van der Waals surface area contributed by atoms with E-state index in [-0.39, 0.29) is 18.1 Å². The number of benzene rings is 1. The second-order valence-electron chi connectivity index (χ2n) is 4.67. The van der Waals surface area contributed by atoms with Gasteiger partial charge in [-0.2, -0.15) is 0 Å². The lowest BCUT2D eigenvalue weighted by Crippen LogP contribution is -2.31. The molecule has 0 saturated carbocycles. The fourth-order valence-electron chi connectivity index (χ4n) is 2.24. The molecule has 0 spiro atoms. The van der Waals surface area contributed by atoms with E-state index in [1.807, 2.05) is 37.3 Å². The molecule has 1 N–H and O–H groups in total. The van der Waals surface area contributed by atoms with Gasteiger partial charge < -0.3 is 14.4 Å². The molecule has 0 aliphatic heterocycles. The number of carbonyl (C=O) groups excluding carboxylic acids is 1. The lowest BCUT2D eigenvalue weighted by molar-refractivity contribution is -0.136. The zero-order valence-corrected chi connectivity index (χ0v) is 12.0. The number of para-hydroxylation sites is 1. The second kappa shape index (κ2) is 6.26. The number of furan rings is 1. The minimum atomic E-state index is -1.03. The Labute approximate surface area is 122 Å². The molecule has 5 nitrogen and oxygen atoms in total. The van der Waals surface area contributed by atoms with Crippen LogP contribution in [0.4, 0.5) is 5.69 Å². The summed E-state index contributed by atoms with van der Waals surface area (Å²) in [6.07, 6.45) is 1.12. The number of carboxylic acids is 1. The van der Waals surface area contributed by atoms with Crippen LogP contribution in [0.1, 0.15) is 28.6 Å². The second-order valence-corrected chi connectivity index (χ2v) is 4.67. The van der Waals surface area contributed by atoms with Crippen molar-refractivity contribution in [3.05, 3.63) is 53.5 Å². The van der Waals surface area contributed by atoms with E-state index in [1.165, 1.54) is 6.26 Å². The van der Waals surface area contributed by atoms with E-state index >= 15 is 0 Å². The van der Waals surface area contributed by atoms with Crippen LogP contribution in [0.25, 0.3) is 0 Å². The number of carboxylic acid groups (broad SMARTS) is 1. The van der Waals surface area contributed by atoms with Crippen LogP contribution in [0.15, 0.2) is 41.0 Å². The zero-order chi connectivity index (χ0) is 15.4. The van der Waals surface area contributed by atoms with Crippen molar-refractivity contribution in [1.29, 1.82) is 0 Å². The van der Waals surface area contributed by atoms with Crippen LogP contribution in [0.2, 0.25) is 0 Å². The predicted molar refractivity (Wildman–Crippen MR) is 78.6 cm³/mol. The van der Waals surface area contributed by atoms with Gasteiger partial charge in [0.1, 0.15) is 12.2 Å². The van der Waals surface area contributed by atoms with Crippen LogP contribution in [0, 0.1) is 6.92 Å². The Morgan fingerprint density at radius 3 is 2.48 bits per heavy atom. The maximum absolute atomic E-state index is 12.7. The fourth-order valence-corrected chi connectivity index (χ4v) is 2.24. The minimum absolute atomic E-state index is 0.194. The van der Waals surface area contributed by atoms with Gasteiger partial charge in [0.25, 0.3) is 5.91 Å². The molecule has 2 aromatic rings. The normalized spacial score (nSPS) is 10.4. The Bertz CT molecular complexity index is 646. The summed E-state index contributed by atoms with van der Waals surface area (Å²) in [5.41, 5.74) is 1.75. The van der Waals surface area contributed by atoms with Crippen LogP contribution in [0.3, 0.4) is 0 Å². The maximum Gasteiger partial charge on any atom is 0.311 e. The third kappa shape index (κ3) is 3.13. The van der Waals surface area contributed by atoms with Crippen LogP contribution < -0.4 is 4.90 Å². The molecule has 0 bridgehead atoms. The number of aryl methyl sites for hydroxylation is 1. The Morgan fingerprint density at radius 2 is 1.90 bits per heavy atom. The van der Waals surface area contributed by atoms with E-state index in [9.17, 15) is 9.59 Å². The number of aliphatic carboxylic acids is 1. The lowest BCUT2D eigenvalue weighted by atomic mass is 10.1. The number of carbonyl (C=O) groups is 2. The number of hydrogen-bond acceptors (Lipinski definition) is 3. The number of nitrogens with zero attached hydrogens (tertiary/aromatic N) is 1. The first-order valence-corrected chi connectivity index (χ1v) is 6.70. The average molecular weight is 287 g/mol. The molecule has 0 fully saturated rings. The number of hydrogen-bond donors (Lipinski definition) is 1. The minimum Gasteiger partial charge on any atom is -0.481 e. The third-order valence-corrected chi connectivity index (χ3v) is 3.21. The van der Waals surface area contributed by atoms with Gasteiger partial charge in [0.05, 0.1) is 11.8 Å². The third-order valence-electron chi connectivity index (χ3n) is 3.21. The summed E-state index contributed by atoms with van der Waals surface area (Å²) < 4.78 is 5.23. The van der Waals surface area contributed by atoms with Crippen molar-refractivity contribution in [1.82, 2.24) is 0 Å². The molecule has 1 aromatic carbocycles. The first-order valence-electron chi connectivity index (χ1n) is 6.70. The Kier molecular flexibility index (Phi) is 4.42. The fraction of sp³-hybridized carbons (Fsp3) is 0.250. The van der Waals surface area contributed by atoms with Crippen molar-refractivity contribution in [2.24, 2.45) is 0 Å². The van der Waals surface area contributed by atoms with Crippen LogP contribution >= 0.6 is 0 Å². The van der Waals surface area contributed by atoms with Crippen LogP contribution in [-0.4, -0.2) is 23.5 Å². The monoisotopic (exact) mass is 287 g/mol. The lowest BCUT2D eigenvalue weighted by Gasteiger charge is -2.21. The van der Waals surface area contributed by atoms with Gasteiger partial charge in [-0.3, -0.25) is 9.59 Å². The van der Waals surface area contributed by atoms with Gasteiger partial charge >= 0.3 is 5.97 Å². The van der Waals surface area contributed by atoms with Crippen molar-refractivity contribution < 1.29 is 19.1 Å². The molecule has 1 aromatic heterocycles. The maximum atomic E-state index is 12.7. The van der Waals surface area contributed by atoms with Gasteiger partial charge in [-0.25, -0.2) is 0 Å². The summed E-state index contributed by atoms with van der Waals surface area (Å²) in [6, 6.07) is 9.26. The molecule has 0 aliphatic carbocycles. The summed E-state index contributed by atoms with van der Waals surface area (Å²) in [6.45, 7) is 4.10. The SMILES string of the molecule is CCN(C(=O)c1c(C)coc1CC(=O)O)c1ccccc1. The molecule has 0 saturated heterocycles. The van der Waals surface area contributed by atoms with E-state index in [0.717, 1.165) is 5.69 Å². The van der Waals surface area contributed by atoms with Crippen molar-refractivity contribution >= 4 is 17.6 Å². The standard InChI is InChI=1S/C16H17NO4/c1-3-17(12-7-5-4-6-8-12)16(20)15-11(2)10-21-13(15)9-14(18)19/h4-8,10H,3,9H2,1-2H3,(H,18,19). The summed E-state index contributed by atoms with van der Waals surface area (Å²) in [4.78, 5) is 25.2. The van der Waals surface area contributed by atoms with Crippen molar-refractivity contribution in [3.63, 3.8) is 0 Å². The Morgan fingerprint density at radius 1 is 1.24 bits per heavy atom. The molecular formula is C16H17NO4. The summed E-state index contributed by atoms with van der Waals surface area (Å²) in [7, 11) is 0. The molecular weight excluding hydrogens is 270 g/mol. The quantitative estimate of drug-likeness (QED) is 0.918. The molecule has 2 rings (SSSR count). The van der Waals surface area contributed by atoms with E-state index in [0.29, 0.717) is 17.7 Å². The number of anilines is 1. The van der Waals surface area contributed by atoms with Gasteiger partial charge in [0.2, 0.25) is 0 Å². The van der Waals surface area contributed by atoms with Crippen molar-refractivity contribution in [2.75, 3.05) is 11.4 Å². The highest BCUT2D eigenvalue weighted by Gasteiger charge is 2.25. The molecule has 5 heteroatoms. The molecule has 0 aliphatic rings. The van der Waals surface area contributed by atoms with E-state index in [1.54, 1.807) is 11.8 Å². The number of rotatable bonds is 5. The van der Waals surface area contributed by atoms with Gasteiger partial charge in [-0.15, -0.1) is 0 Å². The largest absolute Gasteiger partial charge is 0.481 e. The van der Waals surface area contributed by atoms with Crippen molar-refractivity contribution in [2.45, 2.75) is 20.3 Å². The summed E-state index contributed by atoms with van der Waals surface area (Å²) in [5.74, 6) is -1.08. The first-order chi connectivity index (χ1) is 10.0. The summed E-state index contributed by atoms with van der Waals surface area (Å²) >= 11 is 0. The number of amides is 1. The smallest absolute Gasteiger partial charge is 0.311 e. The molecule has 0 unspecified atom stereocenters. The van der Waals surface area contributed by atoms with E-state index < -0.39 is 5.97 Å². The average Bonchev–Trinajstić information content (AvgIpc) is 2.81. The first kappa shape index (κ1) is 14.8. The molecule has 1 heterocycles. The predicted octanol–water partition coefficient (Wildman–Crippen LogP) is 2.88.